The van der Waals surface area contributed by atoms with Crippen LogP contribution in [0.1, 0.15) is 39.0 Å². The van der Waals surface area contributed by atoms with Crippen molar-refractivity contribution in [1.82, 2.24) is 24.7 Å². The molecule has 0 aliphatic heterocycles. The highest BCUT2D eigenvalue weighted by Crippen LogP contribution is 2.27. The van der Waals surface area contributed by atoms with Crippen LogP contribution in [0.25, 0.3) is 5.69 Å². The third-order valence-electron chi connectivity index (χ3n) is 4.84. The predicted molar refractivity (Wildman–Crippen MR) is 99.5 cm³/mol. The van der Waals surface area contributed by atoms with Gasteiger partial charge in [0.05, 0.1) is 10.0 Å². The van der Waals surface area contributed by atoms with Crippen LogP contribution in [0.15, 0.2) is 23.0 Å². The average Bonchev–Trinajstić information content (AvgIpc) is 2.98. The lowest BCUT2D eigenvalue weighted by molar-refractivity contribution is -0.0940. The van der Waals surface area contributed by atoms with Crippen molar-refractivity contribution in [2.24, 2.45) is 5.73 Å². The van der Waals surface area contributed by atoms with Gasteiger partial charge in [-0.3, -0.25) is 4.90 Å². The average molecular weight is 401 g/mol. The molecule has 1 aliphatic rings. The minimum absolute atomic E-state index is 0.135. The molecule has 3 rings (SSSR count). The number of para-hydroxylation sites is 1. The molecule has 2 aromatic rings. The van der Waals surface area contributed by atoms with E-state index >= 15 is 0 Å². The number of benzene rings is 1. The molecular formula is C16H22Cl2N6O2. The van der Waals surface area contributed by atoms with Crippen LogP contribution in [0.4, 0.5) is 0 Å². The SMILES string of the molecule is CCN(C1CCC(N)CC1)C(O)n1nnn(-c2c(Cl)cccc2Cl)c1=O. The van der Waals surface area contributed by atoms with Gasteiger partial charge in [-0.25, -0.2) is 4.79 Å². The van der Waals surface area contributed by atoms with Crippen molar-refractivity contribution in [3.8, 4) is 5.69 Å². The number of aliphatic hydroxyl groups is 1. The Morgan fingerprint density at radius 3 is 2.46 bits per heavy atom. The topological polar surface area (TPSA) is 102 Å². The zero-order valence-electron chi connectivity index (χ0n) is 14.4. The fraction of sp³-hybridized carbons (Fsp3) is 0.562. The summed E-state index contributed by atoms with van der Waals surface area (Å²) < 4.78 is 1.94. The molecule has 0 spiro atoms. The lowest BCUT2D eigenvalue weighted by Gasteiger charge is -2.37. The summed E-state index contributed by atoms with van der Waals surface area (Å²) in [7, 11) is 0. The Bertz CT molecular complexity index is 795. The molecule has 10 heteroatoms. The van der Waals surface area contributed by atoms with E-state index in [2.05, 4.69) is 10.4 Å². The number of nitrogens with zero attached hydrogens (tertiary/aromatic N) is 5. The van der Waals surface area contributed by atoms with E-state index in [0.29, 0.717) is 6.54 Å². The normalized spacial score (nSPS) is 21.9. The van der Waals surface area contributed by atoms with Gasteiger partial charge in [-0.05, 0) is 54.8 Å². The zero-order valence-corrected chi connectivity index (χ0v) is 15.9. The lowest BCUT2D eigenvalue weighted by Crippen LogP contribution is -2.46. The number of halogens is 2. The van der Waals surface area contributed by atoms with E-state index in [1.165, 1.54) is 0 Å². The smallest absolute Gasteiger partial charge is 0.359 e. The first-order valence-electron chi connectivity index (χ1n) is 8.62. The number of nitrogens with two attached hydrogens (primary N) is 1. The fourth-order valence-electron chi connectivity index (χ4n) is 3.42. The van der Waals surface area contributed by atoms with Gasteiger partial charge in [0.2, 0.25) is 6.35 Å². The van der Waals surface area contributed by atoms with Gasteiger partial charge in [-0.2, -0.15) is 4.68 Å². The number of hydrogen-bond donors (Lipinski definition) is 2. The zero-order chi connectivity index (χ0) is 18.8. The maximum absolute atomic E-state index is 12.7. The molecule has 1 saturated carbocycles. The molecule has 1 atom stereocenters. The quantitative estimate of drug-likeness (QED) is 0.741. The van der Waals surface area contributed by atoms with E-state index < -0.39 is 12.0 Å². The van der Waals surface area contributed by atoms with E-state index in [0.717, 1.165) is 35.0 Å². The van der Waals surface area contributed by atoms with Gasteiger partial charge in [0.1, 0.15) is 5.69 Å². The van der Waals surface area contributed by atoms with Crippen LogP contribution in [0, 0.1) is 0 Å². The van der Waals surface area contributed by atoms with Gasteiger partial charge in [0, 0.05) is 12.1 Å². The van der Waals surface area contributed by atoms with Gasteiger partial charge < -0.3 is 10.8 Å². The third kappa shape index (κ3) is 3.65. The van der Waals surface area contributed by atoms with Crippen LogP contribution in [0.3, 0.4) is 0 Å². The largest absolute Gasteiger partial charge is 0.372 e. The van der Waals surface area contributed by atoms with Crippen LogP contribution < -0.4 is 11.4 Å². The van der Waals surface area contributed by atoms with Gasteiger partial charge in [0.25, 0.3) is 0 Å². The molecule has 0 radical (unpaired) electrons. The Morgan fingerprint density at radius 1 is 1.27 bits per heavy atom. The van der Waals surface area contributed by atoms with Crippen molar-refractivity contribution in [2.75, 3.05) is 6.54 Å². The summed E-state index contributed by atoms with van der Waals surface area (Å²) >= 11 is 12.3. The van der Waals surface area contributed by atoms with Crippen LogP contribution in [-0.2, 0) is 0 Å². The highest BCUT2D eigenvalue weighted by Gasteiger charge is 2.30. The Labute approximate surface area is 161 Å². The van der Waals surface area contributed by atoms with Crippen LogP contribution in [-0.4, -0.2) is 48.4 Å². The summed E-state index contributed by atoms with van der Waals surface area (Å²) in [4.78, 5) is 14.6. The molecule has 1 aromatic carbocycles. The first-order chi connectivity index (χ1) is 12.4. The Kier molecular flexibility index (Phi) is 5.99. The first kappa shape index (κ1) is 19.3. The molecule has 8 nitrogen and oxygen atoms in total. The molecule has 142 valence electrons. The van der Waals surface area contributed by atoms with Gasteiger partial charge >= 0.3 is 5.69 Å². The Morgan fingerprint density at radius 2 is 1.88 bits per heavy atom. The molecule has 1 heterocycles. The minimum Gasteiger partial charge on any atom is -0.359 e. The van der Waals surface area contributed by atoms with Crippen molar-refractivity contribution >= 4 is 23.2 Å². The molecule has 0 bridgehead atoms. The summed E-state index contributed by atoms with van der Waals surface area (Å²) in [6.45, 7) is 2.49. The van der Waals surface area contributed by atoms with Crippen molar-refractivity contribution < 1.29 is 5.11 Å². The summed E-state index contributed by atoms with van der Waals surface area (Å²) in [6, 6.07) is 5.22. The number of tetrazole rings is 1. The molecule has 0 saturated heterocycles. The molecule has 1 fully saturated rings. The monoisotopic (exact) mass is 400 g/mol. The number of rotatable bonds is 5. The minimum atomic E-state index is -1.22. The van der Waals surface area contributed by atoms with E-state index in [4.69, 9.17) is 28.9 Å². The highest BCUT2D eigenvalue weighted by molar-refractivity contribution is 6.37. The van der Waals surface area contributed by atoms with E-state index in [1.54, 1.807) is 18.2 Å². The lowest BCUT2D eigenvalue weighted by atomic mass is 9.91. The summed E-state index contributed by atoms with van der Waals surface area (Å²) in [6.07, 6.45) is 2.30. The van der Waals surface area contributed by atoms with Crippen LogP contribution in [0.5, 0.6) is 0 Å². The van der Waals surface area contributed by atoms with Crippen molar-refractivity contribution in [1.29, 1.82) is 0 Å². The van der Waals surface area contributed by atoms with Crippen LogP contribution >= 0.6 is 23.2 Å². The molecule has 1 aromatic heterocycles. The second-order valence-corrected chi connectivity index (χ2v) is 7.25. The van der Waals surface area contributed by atoms with E-state index in [-0.39, 0.29) is 27.8 Å². The number of aliphatic hydroxyl groups excluding tert-OH is 1. The number of hydrogen-bond acceptors (Lipinski definition) is 6. The summed E-state index contributed by atoms with van der Waals surface area (Å²) in [5.74, 6) is 0. The van der Waals surface area contributed by atoms with Crippen LogP contribution in [0.2, 0.25) is 10.0 Å². The van der Waals surface area contributed by atoms with Gasteiger partial charge in [0.15, 0.2) is 0 Å². The molecule has 1 aliphatic carbocycles. The fourth-order valence-corrected chi connectivity index (χ4v) is 3.97. The van der Waals surface area contributed by atoms with E-state index in [1.807, 2.05) is 11.8 Å². The molecule has 26 heavy (non-hydrogen) atoms. The van der Waals surface area contributed by atoms with Gasteiger partial charge in [-0.15, -0.1) is 4.68 Å². The van der Waals surface area contributed by atoms with E-state index in [9.17, 15) is 9.90 Å². The molecule has 1 unspecified atom stereocenters. The van der Waals surface area contributed by atoms with Crippen molar-refractivity contribution in [2.45, 2.75) is 51.0 Å². The Hall–Kier alpha value is -1.45. The molecular weight excluding hydrogens is 379 g/mol. The summed E-state index contributed by atoms with van der Waals surface area (Å²) in [5, 5.41) is 19.0. The van der Waals surface area contributed by atoms with Crippen molar-refractivity contribution in [3.05, 3.63) is 38.7 Å². The second kappa shape index (κ2) is 8.06. The first-order valence-corrected chi connectivity index (χ1v) is 9.38. The summed E-state index contributed by atoms with van der Waals surface area (Å²) in [5.41, 5.74) is 5.59. The molecule has 3 N–H and O–H groups in total. The molecule has 0 amide bonds. The maximum atomic E-state index is 12.7. The Balaban J connectivity index is 1.90. The van der Waals surface area contributed by atoms with Crippen molar-refractivity contribution in [3.63, 3.8) is 0 Å². The third-order valence-corrected chi connectivity index (χ3v) is 5.45. The number of aromatic nitrogens is 4. The highest BCUT2D eigenvalue weighted by atomic mass is 35.5. The van der Waals surface area contributed by atoms with Gasteiger partial charge in [-0.1, -0.05) is 36.2 Å². The second-order valence-electron chi connectivity index (χ2n) is 6.43. The maximum Gasteiger partial charge on any atom is 0.372 e. The standard InChI is InChI=1S/C16H22Cl2N6O2/c1-2-22(11-8-6-10(19)7-9-11)15(25)24-16(26)23(20-21-24)14-12(17)4-3-5-13(14)18/h3-5,10-11,15,25H,2,6-9,19H2,1H3. The predicted octanol–water partition coefficient (Wildman–Crippen LogP) is 1.78.